The summed E-state index contributed by atoms with van der Waals surface area (Å²) in [6.45, 7) is -0.546. The van der Waals surface area contributed by atoms with Crippen LogP contribution >= 0.6 is 0 Å². The zero-order chi connectivity index (χ0) is 8.48. The lowest BCUT2D eigenvalue weighted by molar-refractivity contribution is -0.139. The highest BCUT2D eigenvalue weighted by molar-refractivity contribution is 5.08. The van der Waals surface area contributed by atoms with Crippen LogP contribution in [0.4, 0.5) is 0 Å². The highest BCUT2D eigenvalue weighted by atomic mass is 16.4. The first-order valence-corrected chi connectivity index (χ1v) is 3.46. The highest BCUT2D eigenvalue weighted by Crippen LogP contribution is 2.23. The van der Waals surface area contributed by atoms with Crippen LogP contribution in [0.2, 0.25) is 0 Å². The molecule has 1 aliphatic rings. The first-order valence-electron chi connectivity index (χ1n) is 3.46. The van der Waals surface area contributed by atoms with Gasteiger partial charge in [0.1, 0.15) is 17.8 Å². The molecule has 1 aliphatic carbocycles. The number of aliphatic hydroxyl groups is 4. The molecule has 11 heavy (non-hydrogen) atoms. The molecule has 1 rings (SSSR count). The van der Waals surface area contributed by atoms with Gasteiger partial charge in [0.05, 0.1) is 6.61 Å². The molecule has 3 atom stereocenters. The fourth-order valence-electron chi connectivity index (χ4n) is 1.11. The second kappa shape index (κ2) is 2.91. The minimum Gasteiger partial charge on any atom is -0.393 e. The summed E-state index contributed by atoms with van der Waals surface area (Å²) < 4.78 is 0. The normalized spacial score (nSPS) is 44.4. The summed E-state index contributed by atoms with van der Waals surface area (Å²) in [6, 6.07) is 0. The van der Waals surface area contributed by atoms with Gasteiger partial charge in [0, 0.05) is 0 Å². The minimum absolute atomic E-state index is 0.168. The first kappa shape index (κ1) is 8.67. The Balaban J connectivity index is 2.77. The molecule has 0 aromatic rings. The van der Waals surface area contributed by atoms with Crippen molar-refractivity contribution in [3.63, 3.8) is 0 Å². The van der Waals surface area contributed by atoms with Gasteiger partial charge in [-0.2, -0.15) is 0 Å². The van der Waals surface area contributed by atoms with E-state index in [1.54, 1.807) is 0 Å². The molecule has 0 spiro atoms. The smallest absolute Gasteiger partial charge is 0.120 e. The Morgan fingerprint density at radius 1 is 1.45 bits per heavy atom. The molecule has 0 aromatic heterocycles. The van der Waals surface area contributed by atoms with Crippen LogP contribution in [0.15, 0.2) is 12.2 Å². The van der Waals surface area contributed by atoms with Crippen molar-refractivity contribution < 1.29 is 20.4 Å². The lowest BCUT2D eigenvalue weighted by Crippen LogP contribution is -2.52. The third-order valence-electron chi connectivity index (χ3n) is 1.95. The standard InChI is InChI=1S/C7H12O4/c8-4-7(11)3-1-2-5(9)6(7)10/h1-2,5-6,8-11H,3-4H2/t5-,6+,7-/m1/s1. The van der Waals surface area contributed by atoms with Crippen molar-refractivity contribution in [1.82, 2.24) is 0 Å². The van der Waals surface area contributed by atoms with Gasteiger partial charge in [-0.3, -0.25) is 0 Å². The summed E-state index contributed by atoms with van der Waals surface area (Å²) in [5.41, 5.74) is -1.58. The predicted octanol–water partition coefficient (Wildman–Crippen LogP) is -1.61. The first-order chi connectivity index (χ1) is 5.10. The lowest BCUT2D eigenvalue weighted by Gasteiger charge is -2.34. The average molecular weight is 160 g/mol. The fraction of sp³-hybridized carbons (Fsp3) is 0.714. The Bertz CT molecular complexity index is 168. The molecule has 0 bridgehead atoms. The zero-order valence-corrected chi connectivity index (χ0v) is 6.01. The van der Waals surface area contributed by atoms with Gasteiger partial charge in [-0.1, -0.05) is 12.2 Å². The third-order valence-corrected chi connectivity index (χ3v) is 1.95. The van der Waals surface area contributed by atoms with Crippen molar-refractivity contribution >= 4 is 0 Å². The Kier molecular flexibility index (Phi) is 2.29. The maximum absolute atomic E-state index is 9.41. The summed E-state index contributed by atoms with van der Waals surface area (Å²) in [5, 5.41) is 36.3. The Labute approximate surface area is 64.4 Å². The van der Waals surface area contributed by atoms with Crippen LogP contribution in [0.3, 0.4) is 0 Å². The van der Waals surface area contributed by atoms with Gasteiger partial charge in [0.15, 0.2) is 0 Å². The lowest BCUT2D eigenvalue weighted by atomic mass is 9.85. The topological polar surface area (TPSA) is 80.9 Å². The van der Waals surface area contributed by atoms with E-state index in [0.717, 1.165) is 0 Å². The van der Waals surface area contributed by atoms with Crippen LogP contribution in [0.1, 0.15) is 6.42 Å². The van der Waals surface area contributed by atoms with Gasteiger partial charge in [0.2, 0.25) is 0 Å². The Hall–Kier alpha value is -0.420. The van der Waals surface area contributed by atoms with Gasteiger partial charge < -0.3 is 20.4 Å². The third kappa shape index (κ3) is 1.44. The van der Waals surface area contributed by atoms with E-state index in [4.69, 9.17) is 10.2 Å². The molecular weight excluding hydrogens is 148 g/mol. The van der Waals surface area contributed by atoms with E-state index < -0.39 is 24.4 Å². The predicted molar refractivity (Wildman–Crippen MR) is 37.8 cm³/mol. The Morgan fingerprint density at radius 2 is 2.09 bits per heavy atom. The number of aliphatic hydroxyl groups excluding tert-OH is 3. The molecule has 0 heterocycles. The SMILES string of the molecule is OC[C@]1(O)CC=C[C@@H](O)[C@@H]1O. The number of rotatable bonds is 1. The van der Waals surface area contributed by atoms with Crippen LogP contribution < -0.4 is 0 Å². The monoisotopic (exact) mass is 160 g/mol. The van der Waals surface area contributed by atoms with E-state index in [2.05, 4.69) is 0 Å². The molecular formula is C7H12O4. The molecule has 4 N–H and O–H groups in total. The van der Waals surface area contributed by atoms with E-state index in [1.165, 1.54) is 12.2 Å². The summed E-state index contributed by atoms with van der Waals surface area (Å²) in [4.78, 5) is 0. The largest absolute Gasteiger partial charge is 0.393 e. The van der Waals surface area contributed by atoms with Crippen molar-refractivity contribution in [2.75, 3.05) is 6.61 Å². The molecule has 0 aromatic carbocycles. The minimum atomic E-state index is -1.58. The molecule has 64 valence electrons. The zero-order valence-electron chi connectivity index (χ0n) is 6.01. The van der Waals surface area contributed by atoms with E-state index in [-0.39, 0.29) is 6.42 Å². The Morgan fingerprint density at radius 3 is 2.55 bits per heavy atom. The van der Waals surface area contributed by atoms with Crippen molar-refractivity contribution in [2.24, 2.45) is 0 Å². The van der Waals surface area contributed by atoms with E-state index in [0.29, 0.717) is 0 Å². The molecule has 0 unspecified atom stereocenters. The van der Waals surface area contributed by atoms with Gasteiger partial charge in [-0.25, -0.2) is 0 Å². The number of hydrogen-bond acceptors (Lipinski definition) is 4. The molecule has 0 fully saturated rings. The second-order valence-electron chi connectivity index (χ2n) is 2.83. The van der Waals surface area contributed by atoms with Crippen LogP contribution in [0.25, 0.3) is 0 Å². The fourth-order valence-corrected chi connectivity index (χ4v) is 1.11. The number of hydrogen-bond donors (Lipinski definition) is 4. The van der Waals surface area contributed by atoms with Gasteiger partial charge in [-0.15, -0.1) is 0 Å². The summed E-state index contributed by atoms with van der Waals surface area (Å²) in [7, 11) is 0. The molecule has 4 nitrogen and oxygen atoms in total. The maximum atomic E-state index is 9.41. The van der Waals surface area contributed by atoms with Gasteiger partial charge >= 0.3 is 0 Å². The maximum Gasteiger partial charge on any atom is 0.120 e. The second-order valence-corrected chi connectivity index (χ2v) is 2.83. The van der Waals surface area contributed by atoms with Crippen molar-refractivity contribution in [3.8, 4) is 0 Å². The van der Waals surface area contributed by atoms with E-state index in [9.17, 15) is 10.2 Å². The van der Waals surface area contributed by atoms with Gasteiger partial charge in [0.25, 0.3) is 0 Å². The van der Waals surface area contributed by atoms with E-state index >= 15 is 0 Å². The van der Waals surface area contributed by atoms with Gasteiger partial charge in [-0.05, 0) is 6.42 Å². The van der Waals surface area contributed by atoms with Crippen LogP contribution in [0.5, 0.6) is 0 Å². The molecule has 0 radical (unpaired) electrons. The molecule has 4 heteroatoms. The van der Waals surface area contributed by atoms with Crippen LogP contribution in [0, 0.1) is 0 Å². The molecule has 0 saturated carbocycles. The summed E-state index contributed by atoms with van der Waals surface area (Å²) >= 11 is 0. The van der Waals surface area contributed by atoms with Crippen LogP contribution in [-0.2, 0) is 0 Å². The molecule has 0 aliphatic heterocycles. The quantitative estimate of drug-likeness (QED) is 0.348. The van der Waals surface area contributed by atoms with E-state index in [1.807, 2.05) is 0 Å². The van der Waals surface area contributed by atoms with Crippen LogP contribution in [-0.4, -0.2) is 44.8 Å². The molecule has 0 amide bonds. The van der Waals surface area contributed by atoms with Crippen molar-refractivity contribution in [1.29, 1.82) is 0 Å². The highest BCUT2D eigenvalue weighted by Gasteiger charge is 2.39. The summed E-state index contributed by atoms with van der Waals surface area (Å²) in [6.07, 6.45) is 0.725. The summed E-state index contributed by atoms with van der Waals surface area (Å²) in [5.74, 6) is 0. The van der Waals surface area contributed by atoms with Crippen molar-refractivity contribution in [3.05, 3.63) is 12.2 Å². The molecule has 0 saturated heterocycles. The van der Waals surface area contributed by atoms with Crippen molar-refractivity contribution in [2.45, 2.75) is 24.2 Å². The average Bonchev–Trinajstić information content (AvgIpc) is 2.00.